The number of pyridine rings is 1. The number of nitrogen functional groups attached to an aromatic ring is 1. The number of aryl methyl sites for hydroxylation is 1. The van der Waals surface area contributed by atoms with Crippen LogP contribution in [0.15, 0.2) is 12.3 Å². The molecule has 0 aliphatic carbocycles. The zero-order valence-corrected chi connectivity index (χ0v) is 10.7. The second-order valence-corrected chi connectivity index (χ2v) is 4.50. The van der Waals surface area contributed by atoms with Gasteiger partial charge in [0.05, 0.1) is 6.10 Å². The minimum absolute atomic E-state index is 0.0740. The Morgan fingerprint density at radius 3 is 2.41 bits per heavy atom. The molecule has 4 nitrogen and oxygen atoms in total. The number of aromatic nitrogens is 1. The Kier molecular flexibility index (Phi) is 4.90. The van der Waals surface area contributed by atoms with Crippen molar-refractivity contribution in [3.05, 3.63) is 23.4 Å². The van der Waals surface area contributed by atoms with Crippen LogP contribution in [-0.4, -0.2) is 21.3 Å². The lowest BCUT2D eigenvalue weighted by Gasteiger charge is -2.25. The van der Waals surface area contributed by atoms with E-state index in [1.807, 2.05) is 20.8 Å². The molecule has 4 N–H and O–H groups in total. The van der Waals surface area contributed by atoms with Crippen molar-refractivity contribution < 1.29 is 10.2 Å². The van der Waals surface area contributed by atoms with Crippen LogP contribution in [0.2, 0.25) is 0 Å². The highest BCUT2D eigenvalue weighted by molar-refractivity contribution is 5.42. The molecule has 1 aromatic rings. The molecule has 0 radical (unpaired) electrons. The molecule has 4 heteroatoms. The van der Waals surface area contributed by atoms with Crippen molar-refractivity contribution in [1.29, 1.82) is 0 Å². The van der Waals surface area contributed by atoms with Crippen molar-refractivity contribution in [1.82, 2.24) is 4.98 Å². The van der Waals surface area contributed by atoms with Crippen molar-refractivity contribution in [3.63, 3.8) is 0 Å². The van der Waals surface area contributed by atoms with Gasteiger partial charge in [-0.3, -0.25) is 0 Å². The first kappa shape index (κ1) is 13.9. The Bertz CT molecular complexity index is 364. The maximum Gasteiger partial charge on any atom is 0.129 e. The summed E-state index contributed by atoms with van der Waals surface area (Å²) in [7, 11) is 0. The molecule has 0 amide bonds. The molecule has 0 spiro atoms. The first-order chi connectivity index (χ1) is 8.01. The van der Waals surface area contributed by atoms with Gasteiger partial charge in [0.2, 0.25) is 0 Å². The minimum atomic E-state index is -0.965. The molecule has 0 saturated heterocycles. The summed E-state index contributed by atoms with van der Waals surface area (Å²) in [5, 5.41) is 20.3. The summed E-state index contributed by atoms with van der Waals surface area (Å²) >= 11 is 0. The van der Waals surface area contributed by atoms with E-state index in [1.54, 1.807) is 12.3 Å². The molecular weight excluding hydrogens is 216 g/mol. The maximum absolute atomic E-state index is 10.2. The largest absolute Gasteiger partial charge is 0.390 e. The number of nitrogens with zero attached hydrogens (tertiary/aromatic N) is 1. The molecule has 2 unspecified atom stereocenters. The fourth-order valence-corrected chi connectivity index (χ4v) is 2.05. The summed E-state index contributed by atoms with van der Waals surface area (Å²) in [5.74, 6) is 0.359. The fraction of sp³-hybridized carbons (Fsp3) is 0.615. The molecule has 96 valence electrons. The van der Waals surface area contributed by atoms with Crippen molar-refractivity contribution in [2.24, 2.45) is 5.92 Å². The van der Waals surface area contributed by atoms with Gasteiger partial charge in [-0.1, -0.05) is 26.7 Å². The summed E-state index contributed by atoms with van der Waals surface area (Å²) in [5.41, 5.74) is 7.17. The molecule has 0 saturated carbocycles. The van der Waals surface area contributed by atoms with Gasteiger partial charge in [-0.05, 0) is 24.5 Å². The van der Waals surface area contributed by atoms with E-state index in [0.29, 0.717) is 5.56 Å². The van der Waals surface area contributed by atoms with Crippen LogP contribution in [0.25, 0.3) is 0 Å². The van der Waals surface area contributed by atoms with Gasteiger partial charge >= 0.3 is 0 Å². The third-order valence-electron chi connectivity index (χ3n) is 3.26. The summed E-state index contributed by atoms with van der Waals surface area (Å²) in [6.07, 6.45) is 1.54. The molecule has 0 aromatic carbocycles. The van der Waals surface area contributed by atoms with Gasteiger partial charge in [-0.25, -0.2) is 4.98 Å². The van der Waals surface area contributed by atoms with Crippen LogP contribution in [-0.2, 0) is 0 Å². The second-order valence-electron chi connectivity index (χ2n) is 4.50. The van der Waals surface area contributed by atoms with Crippen LogP contribution in [0.5, 0.6) is 0 Å². The van der Waals surface area contributed by atoms with E-state index >= 15 is 0 Å². The second kappa shape index (κ2) is 5.98. The number of aliphatic hydroxyl groups is 2. The van der Waals surface area contributed by atoms with E-state index in [4.69, 9.17) is 5.73 Å². The van der Waals surface area contributed by atoms with Gasteiger partial charge in [0.25, 0.3) is 0 Å². The van der Waals surface area contributed by atoms with Crippen molar-refractivity contribution in [3.8, 4) is 0 Å². The Hall–Kier alpha value is -1.13. The number of anilines is 1. The summed E-state index contributed by atoms with van der Waals surface area (Å²) in [6.45, 7) is 5.88. The van der Waals surface area contributed by atoms with Crippen LogP contribution >= 0.6 is 0 Å². The van der Waals surface area contributed by atoms with E-state index < -0.39 is 12.2 Å². The maximum atomic E-state index is 10.2. The average Bonchev–Trinajstić information content (AvgIpc) is 2.32. The average molecular weight is 238 g/mol. The molecule has 0 aliphatic heterocycles. The SMILES string of the molecule is CCC(CC)C(O)C(O)c1cc(C)cnc1N. The quantitative estimate of drug-likeness (QED) is 0.731. The van der Waals surface area contributed by atoms with Gasteiger partial charge in [0.15, 0.2) is 0 Å². The third kappa shape index (κ3) is 3.17. The lowest BCUT2D eigenvalue weighted by molar-refractivity contribution is -0.0207. The topological polar surface area (TPSA) is 79.4 Å². The fourth-order valence-electron chi connectivity index (χ4n) is 2.05. The van der Waals surface area contributed by atoms with Crippen LogP contribution in [0.4, 0.5) is 5.82 Å². The third-order valence-corrected chi connectivity index (χ3v) is 3.26. The minimum Gasteiger partial charge on any atom is -0.390 e. The molecule has 1 rings (SSSR count). The van der Waals surface area contributed by atoms with E-state index in [-0.39, 0.29) is 11.7 Å². The molecule has 2 atom stereocenters. The Morgan fingerprint density at radius 1 is 1.29 bits per heavy atom. The van der Waals surface area contributed by atoms with Crippen molar-refractivity contribution in [2.75, 3.05) is 5.73 Å². The molecular formula is C13H22N2O2. The predicted molar refractivity (Wildman–Crippen MR) is 68.4 cm³/mol. The lowest BCUT2D eigenvalue weighted by atomic mass is 9.89. The first-order valence-corrected chi connectivity index (χ1v) is 6.09. The highest BCUT2D eigenvalue weighted by Crippen LogP contribution is 2.28. The number of hydrogen-bond acceptors (Lipinski definition) is 4. The van der Waals surface area contributed by atoms with Crippen molar-refractivity contribution in [2.45, 2.75) is 45.8 Å². The van der Waals surface area contributed by atoms with Crippen LogP contribution < -0.4 is 5.73 Å². The highest BCUT2D eigenvalue weighted by Gasteiger charge is 2.26. The van der Waals surface area contributed by atoms with Gasteiger partial charge in [0.1, 0.15) is 11.9 Å². The molecule has 0 fully saturated rings. The normalized spacial score (nSPS) is 14.9. The molecule has 1 heterocycles. The van der Waals surface area contributed by atoms with E-state index in [2.05, 4.69) is 4.98 Å². The number of nitrogens with two attached hydrogens (primary N) is 1. The van der Waals surface area contributed by atoms with Gasteiger partial charge in [-0.2, -0.15) is 0 Å². The standard InChI is InChI=1S/C13H22N2O2/c1-4-9(5-2)11(16)12(17)10-6-8(3)7-15-13(10)14/h6-7,9,11-12,16-17H,4-5H2,1-3H3,(H2,14,15). The molecule has 0 aliphatic rings. The van der Waals surface area contributed by atoms with Crippen LogP contribution in [0.1, 0.15) is 43.9 Å². The van der Waals surface area contributed by atoms with Gasteiger partial charge < -0.3 is 15.9 Å². The first-order valence-electron chi connectivity index (χ1n) is 6.09. The Morgan fingerprint density at radius 2 is 1.88 bits per heavy atom. The summed E-state index contributed by atoms with van der Waals surface area (Å²) in [4.78, 5) is 4.00. The lowest BCUT2D eigenvalue weighted by Crippen LogP contribution is -2.27. The summed E-state index contributed by atoms with van der Waals surface area (Å²) in [6, 6.07) is 1.78. The zero-order chi connectivity index (χ0) is 13.0. The van der Waals surface area contributed by atoms with Gasteiger partial charge in [0, 0.05) is 11.8 Å². The number of hydrogen-bond donors (Lipinski definition) is 3. The van der Waals surface area contributed by atoms with E-state index in [1.165, 1.54) is 0 Å². The zero-order valence-electron chi connectivity index (χ0n) is 10.7. The smallest absolute Gasteiger partial charge is 0.129 e. The van der Waals surface area contributed by atoms with Crippen molar-refractivity contribution >= 4 is 5.82 Å². The van der Waals surface area contributed by atoms with Crippen LogP contribution in [0.3, 0.4) is 0 Å². The van der Waals surface area contributed by atoms with E-state index in [9.17, 15) is 10.2 Å². The van der Waals surface area contributed by atoms with Crippen LogP contribution in [0, 0.1) is 12.8 Å². The van der Waals surface area contributed by atoms with Gasteiger partial charge in [-0.15, -0.1) is 0 Å². The Labute approximate surface area is 102 Å². The molecule has 1 aromatic heterocycles. The van der Waals surface area contributed by atoms with E-state index in [0.717, 1.165) is 18.4 Å². The molecule has 0 bridgehead atoms. The highest BCUT2D eigenvalue weighted by atomic mass is 16.3. The summed E-state index contributed by atoms with van der Waals surface area (Å²) < 4.78 is 0. The molecule has 17 heavy (non-hydrogen) atoms. The predicted octanol–water partition coefficient (Wildman–Crippen LogP) is 1.80. The number of rotatable bonds is 5. The monoisotopic (exact) mass is 238 g/mol. The Balaban J connectivity index is 2.94. The number of aliphatic hydroxyl groups excluding tert-OH is 2.